The number of benzene rings is 1. The Labute approximate surface area is 97.6 Å². The van der Waals surface area contributed by atoms with Gasteiger partial charge in [0.25, 0.3) is 0 Å². The highest BCUT2D eigenvalue weighted by Crippen LogP contribution is 2.25. The average Bonchev–Trinajstić information content (AvgIpc) is 2.28. The Bertz CT molecular complexity index is 337. The fourth-order valence-electron chi connectivity index (χ4n) is 1.54. The highest BCUT2D eigenvalue weighted by atomic mass is 16.5. The molecule has 1 rings (SSSR count). The van der Waals surface area contributed by atoms with E-state index in [4.69, 9.17) is 15.2 Å². The first-order valence-corrected chi connectivity index (χ1v) is 5.64. The third kappa shape index (κ3) is 3.51. The van der Waals surface area contributed by atoms with Crippen LogP contribution < -0.4 is 10.5 Å². The van der Waals surface area contributed by atoms with Crippen LogP contribution in [-0.4, -0.2) is 26.4 Å². The van der Waals surface area contributed by atoms with Gasteiger partial charge in [0.2, 0.25) is 0 Å². The Morgan fingerprint density at radius 1 is 1.00 bits per heavy atom. The second-order valence-electron chi connectivity index (χ2n) is 3.90. The van der Waals surface area contributed by atoms with Crippen molar-refractivity contribution in [1.82, 2.24) is 0 Å². The fraction of sp³-hybridized carbons (Fsp3) is 0.538. The first-order chi connectivity index (χ1) is 7.66. The van der Waals surface area contributed by atoms with Crippen molar-refractivity contribution in [1.29, 1.82) is 0 Å². The number of aryl methyl sites for hydroxylation is 2. The molecule has 1 aromatic carbocycles. The zero-order valence-corrected chi connectivity index (χ0v) is 10.4. The summed E-state index contributed by atoms with van der Waals surface area (Å²) in [6.45, 7) is 8.54. The van der Waals surface area contributed by atoms with Crippen LogP contribution in [0.15, 0.2) is 12.1 Å². The highest BCUT2D eigenvalue weighted by Gasteiger charge is 2.05. The van der Waals surface area contributed by atoms with Gasteiger partial charge in [-0.15, -0.1) is 0 Å². The monoisotopic (exact) mass is 223 g/mol. The summed E-state index contributed by atoms with van der Waals surface area (Å²) in [7, 11) is 0. The van der Waals surface area contributed by atoms with Crippen LogP contribution in [0.2, 0.25) is 0 Å². The summed E-state index contributed by atoms with van der Waals surface area (Å²) in [5, 5.41) is 0. The van der Waals surface area contributed by atoms with E-state index in [1.165, 1.54) is 16.7 Å². The van der Waals surface area contributed by atoms with E-state index in [0.717, 1.165) is 5.75 Å². The van der Waals surface area contributed by atoms with Gasteiger partial charge in [0.05, 0.1) is 13.2 Å². The molecule has 0 saturated heterocycles. The molecule has 0 radical (unpaired) electrons. The topological polar surface area (TPSA) is 44.5 Å². The molecule has 0 aliphatic rings. The molecule has 2 N–H and O–H groups in total. The van der Waals surface area contributed by atoms with E-state index in [0.29, 0.717) is 26.4 Å². The van der Waals surface area contributed by atoms with E-state index < -0.39 is 0 Å². The molecule has 3 nitrogen and oxygen atoms in total. The number of rotatable bonds is 6. The summed E-state index contributed by atoms with van der Waals surface area (Å²) in [6.07, 6.45) is 0. The number of hydrogen-bond acceptors (Lipinski definition) is 3. The third-order valence-corrected chi connectivity index (χ3v) is 2.61. The third-order valence-electron chi connectivity index (χ3n) is 2.61. The van der Waals surface area contributed by atoms with Crippen molar-refractivity contribution in [3.8, 4) is 5.75 Å². The van der Waals surface area contributed by atoms with Crippen LogP contribution in [-0.2, 0) is 4.74 Å². The minimum Gasteiger partial charge on any atom is -0.491 e. The molecule has 0 spiro atoms. The van der Waals surface area contributed by atoms with Gasteiger partial charge >= 0.3 is 0 Å². The first kappa shape index (κ1) is 13.0. The predicted octanol–water partition coefficient (Wildman–Crippen LogP) is 1.97. The van der Waals surface area contributed by atoms with Gasteiger partial charge in [-0.2, -0.15) is 0 Å². The zero-order valence-electron chi connectivity index (χ0n) is 10.4. The lowest BCUT2D eigenvalue weighted by atomic mass is 10.1. The molecule has 0 aliphatic heterocycles. The molecule has 16 heavy (non-hydrogen) atoms. The Kier molecular flexibility index (Phi) is 5.29. The molecule has 1 aromatic rings. The standard InChI is InChI=1S/C13H21NO2/c1-10-4-5-11(2)13(12(10)3)16-9-8-15-7-6-14/h4-5H,6-9,14H2,1-3H3. The molecule has 90 valence electrons. The largest absolute Gasteiger partial charge is 0.491 e. The summed E-state index contributed by atoms with van der Waals surface area (Å²) < 4.78 is 11.0. The smallest absolute Gasteiger partial charge is 0.125 e. The lowest BCUT2D eigenvalue weighted by Crippen LogP contribution is -2.13. The minimum absolute atomic E-state index is 0.558. The highest BCUT2D eigenvalue weighted by molar-refractivity contribution is 5.44. The first-order valence-electron chi connectivity index (χ1n) is 5.64. The molecule has 0 aliphatic carbocycles. The number of hydrogen-bond donors (Lipinski definition) is 1. The SMILES string of the molecule is Cc1ccc(C)c(OCCOCCN)c1C. The van der Waals surface area contributed by atoms with Gasteiger partial charge in [-0.25, -0.2) is 0 Å². The van der Waals surface area contributed by atoms with Gasteiger partial charge < -0.3 is 15.2 Å². The Hall–Kier alpha value is -1.06. The van der Waals surface area contributed by atoms with Crippen LogP contribution in [0.25, 0.3) is 0 Å². The lowest BCUT2D eigenvalue weighted by molar-refractivity contribution is 0.105. The van der Waals surface area contributed by atoms with Crippen molar-refractivity contribution in [2.75, 3.05) is 26.4 Å². The van der Waals surface area contributed by atoms with Crippen molar-refractivity contribution in [2.24, 2.45) is 5.73 Å². The van der Waals surface area contributed by atoms with Gasteiger partial charge in [0.15, 0.2) is 0 Å². The number of nitrogens with two attached hydrogens (primary N) is 1. The van der Waals surface area contributed by atoms with Crippen LogP contribution in [0.1, 0.15) is 16.7 Å². The van der Waals surface area contributed by atoms with Crippen LogP contribution in [0, 0.1) is 20.8 Å². The van der Waals surface area contributed by atoms with E-state index in [9.17, 15) is 0 Å². The summed E-state index contributed by atoms with van der Waals surface area (Å²) in [4.78, 5) is 0. The molecule has 0 atom stereocenters. The molecule has 0 unspecified atom stereocenters. The molecule has 3 heteroatoms. The van der Waals surface area contributed by atoms with E-state index in [1.807, 2.05) is 0 Å². The molecular formula is C13H21NO2. The lowest BCUT2D eigenvalue weighted by Gasteiger charge is -2.13. The maximum atomic E-state index is 5.73. The van der Waals surface area contributed by atoms with E-state index in [-0.39, 0.29) is 0 Å². The van der Waals surface area contributed by atoms with Crippen LogP contribution in [0.5, 0.6) is 5.75 Å². The Balaban J connectivity index is 2.50. The molecule has 0 amide bonds. The van der Waals surface area contributed by atoms with Gasteiger partial charge in [0, 0.05) is 6.54 Å². The van der Waals surface area contributed by atoms with Gasteiger partial charge in [-0.1, -0.05) is 12.1 Å². The van der Waals surface area contributed by atoms with Crippen LogP contribution in [0.4, 0.5) is 0 Å². The van der Waals surface area contributed by atoms with E-state index in [1.54, 1.807) is 0 Å². The van der Waals surface area contributed by atoms with Crippen LogP contribution in [0.3, 0.4) is 0 Å². The number of ether oxygens (including phenoxy) is 2. The fourth-order valence-corrected chi connectivity index (χ4v) is 1.54. The average molecular weight is 223 g/mol. The van der Waals surface area contributed by atoms with Crippen molar-refractivity contribution >= 4 is 0 Å². The van der Waals surface area contributed by atoms with E-state index >= 15 is 0 Å². The van der Waals surface area contributed by atoms with Gasteiger partial charge in [-0.3, -0.25) is 0 Å². The van der Waals surface area contributed by atoms with Crippen molar-refractivity contribution in [2.45, 2.75) is 20.8 Å². The zero-order chi connectivity index (χ0) is 12.0. The summed E-state index contributed by atoms with van der Waals surface area (Å²) >= 11 is 0. The Morgan fingerprint density at radius 2 is 1.69 bits per heavy atom. The maximum absolute atomic E-state index is 5.73. The predicted molar refractivity (Wildman–Crippen MR) is 66.0 cm³/mol. The Morgan fingerprint density at radius 3 is 2.38 bits per heavy atom. The molecule has 0 aromatic heterocycles. The molecule has 0 saturated carbocycles. The molecule has 0 bridgehead atoms. The molecule has 0 fully saturated rings. The van der Waals surface area contributed by atoms with Crippen molar-refractivity contribution in [3.05, 3.63) is 28.8 Å². The van der Waals surface area contributed by atoms with Crippen molar-refractivity contribution in [3.63, 3.8) is 0 Å². The second kappa shape index (κ2) is 6.51. The minimum atomic E-state index is 0.558. The summed E-state index contributed by atoms with van der Waals surface area (Å²) in [5.74, 6) is 0.983. The normalized spacial score (nSPS) is 10.5. The quantitative estimate of drug-likeness (QED) is 0.750. The second-order valence-corrected chi connectivity index (χ2v) is 3.90. The van der Waals surface area contributed by atoms with Crippen LogP contribution >= 0.6 is 0 Å². The molecule has 0 heterocycles. The van der Waals surface area contributed by atoms with E-state index in [2.05, 4.69) is 32.9 Å². The van der Waals surface area contributed by atoms with Gasteiger partial charge in [-0.05, 0) is 37.5 Å². The summed E-state index contributed by atoms with van der Waals surface area (Å²) in [6, 6.07) is 4.20. The summed E-state index contributed by atoms with van der Waals surface area (Å²) in [5.41, 5.74) is 8.95. The molecular weight excluding hydrogens is 202 g/mol. The van der Waals surface area contributed by atoms with Gasteiger partial charge in [0.1, 0.15) is 12.4 Å². The maximum Gasteiger partial charge on any atom is 0.125 e. The van der Waals surface area contributed by atoms with Crippen molar-refractivity contribution < 1.29 is 9.47 Å².